The molecule has 6 nitrogen and oxygen atoms in total. The van der Waals surface area contributed by atoms with Crippen molar-refractivity contribution in [2.45, 2.75) is 32.4 Å². The maximum atomic E-state index is 13.2. The normalized spacial score (nSPS) is 14.9. The predicted molar refractivity (Wildman–Crippen MR) is 133 cm³/mol. The molecule has 1 amide bonds. The van der Waals surface area contributed by atoms with Crippen molar-refractivity contribution in [1.82, 2.24) is 19.6 Å². The lowest BCUT2D eigenvalue weighted by Gasteiger charge is -2.28. The van der Waals surface area contributed by atoms with Crippen molar-refractivity contribution in [3.63, 3.8) is 0 Å². The number of fused-ring (bicyclic) bond motifs is 1. The Morgan fingerprint density at radius 1 is 1.03 bits per heavy atom. The molecule has 3 heterocycles. The first-order valence-electron chi connectivity index (χ1n) is 11.9. The van der Waals surface area contributed by atoms with Gasteiger partial charge in [-0.3, -0.25) is 9.69 Å². The van der Waals surface area contributed by atoms with Crippen molar-refractivity contribution >= 4 is 11.6 Å². The molecule has 34 heavy (non-hydrogen) atoms. The van der Waals surface area contributed by atoms with Crippen molar-refractivity contribution in [3.05, 3.63) is 102 Å². The SMILES string of the molecule is Cc1cccn2cc(COc3ccccc3C(=O)NCC(c3ccccc3)N3CCCC3)nc12. The molecule has 1 fully saturated rings. The summed E-state index contributed by atoms with van der Waals surface area (Å²) in [5.74, 6) is 0.438. The van der Waals surface area contributed by atoms with Crippen LogP contribution in [0.25, 0.3) is 5.65 Å². The van der Waals surface area contributed by atoms with E-state index in [2.05, 4.69) is 39.5 Å². The van der Waals surface area contributed by atoms with Crippen LogP contribution >= 0.6 is 0 Å². The number of aromatic nitrogens is 2. The number of rotatable bonds is 8. The lowest BCUT2D eigenvalue weighted by Crippen LogP contribution is -2.36. The molecule has 0 radical (unpaired) electrons. The van der Waals surface area contributed by atoms with Crippen molar-refractivity contribution in [2.75, 3.05) is 19.6 Å². The molecule has 4 aromatic rings. The molecule has 0 bridgehead atoms. The lowest BCUT2D eigenvalue weighted by molar-refractivity contribution is 0.0933. The van der Waals surface area contributed by atoms with Gasteiger partial charge in [0.05, 0.1) is 17.3 Å². The number of benzene rings is 2. The average molecular weight is 455 g/mol. The molecule has 5 rings (SSSR count). The maximum absolute atomic E-state index is 13.2. The Labute approximate surface area is 200 Å². The van der Waals surface area contributed by atoms with Gasteiger partial charge < -0.3 is 14.5 Å². The van der Waals surface area contributed by atoms with Gasteiger partial charge >= 0.3 is 0 Å². The lowest BCUT2D eigenvalue weighted by atomic mass is 10.1. The Morgan fingerprint density at radius 2 is 1.79 bits per heavy atom. The van der Waals surface area contributed by atoms with Crippen LogP contribution in [0.15, 0.2) is 79.1 Å². The summed E-state index contributed by atoms with van der Waals surface area (Å²) in [5, 5.41) is 3.16. The number of imidazole rings is 1. The molecule has 2 aromatic carbocycles. The van der Waals surface area contributed by atoms with Gasteiger partial charge in [0.1, 0.15) is 18.0 Å². The highest BCUT2D eigenvalue weighted by Crippen LogP contribution is 2.25. The number of carbonyl (C=O) groups excluding carboxylic acids is 1. The second kappa shape index (κ2) is 10.1. The smallest absolute Gasteiger partial charge is 0.255 e. The molecule has 1 aliphatic rings. The van der Waals surface area contributed by atoms with E-state index in [1.54, 1.807) is 0 Å². The maximum Gasteiger partial charge on any atom is 0.255 e. The van der Waals surface area contributed by atoms with Gasteiger partial charge in [0.15, 0.2) is 0 Å². The zero-order chi connectivity index (χ0) is 23.3. The minimum absolute atomic E-state index is 0.124. The Hall–Kier alpha value is -3.64. The number of carbonyl (C=O) groups is 1. The Balaban J connectivity index is 1.28. The summed E-state index contributed by atoms with van der Waals surface area (Å²) in [4.78, 5) is 20.3. The first kappa shape index (κ1) is 22.2. The van der Waals surface area contributed by atoms with Crippen LogP contribution in [0, 0.1) is 6.92 Å². The number of nitrogens with one attached hydrogen (secondary N) is 1. The van der Waals surface area contributed by atoms with Gasteiger partial charge in [0.25, 0.3) is 5.91 Å². The highest BCUT2D eigenvalue weighted by atomic mass is 16.5. The molecule has 1 atom stereocenters. The Morgan fingerprint density at radius 3 is 2.59 bits per heavy atom. The zero-order valence-corrected chi connectivity index (χ0v) is 19.5. The monoisotopic (exact) mass is 454 g/mol. The van der Waals surface area contributed by atoms with Gasteiger partial charge in [-0.2, -0.15) is 0 Å². The summed E-state index contributed by atoms with van der Waals surface area (Å²) in [6.07, 6.45) is 6.35. The van der Waals surface area contributed by atoms with E-state index in [1.807, 2.05) is 66.2 Å². The van der Waals surface area contributed by atoms with Gasteiger partial charge in [-0.1, -0.05) is 48.5 Å². The van der Waals surface area contributed by atoms with E-state index in [9.17, 15) is 4.79 Å². The minimum atomic E-state index is -0.124. The molecular formula is C28H30N4O2. The summed E-state index contributed by atoms with van der Waals surface area (Å²) in [6, 6.07) is 22.0. The van der Waals surface area contributed by atoms with Crippen molar-refractivity contribution in [1.29, 1.82) is 0 Å². The highest BCUT2D eigenvalue weighted by Gasteiger charge is 2.24. The van der Waals surface area contributed by atoms with E-state index < -0.39 is 0 Å². The molecule has 0 saturated carbocycles. The second-order valence-electron chi connectivity index (χ2n) is 8.82. The molecule has 2 aromatic heterocycles. The fraction of sp³-hybridized carbons (Fsp3) is 0.286. The number of amides is 1. The number of ether oxygens (including phenoxy) is 1. The number of nitrogens with zero attached hydrogens (tertiary/aromatic N) is 3. The van der Waals surface area contributed by atoms with E-state index in [4.69, 9.17) is 4.74 Å². The number of hydrogen-bond acceptors (Lipinski definition) is 4. The van der Waals surface area contributed by atoms with Crippen LogP contribution in [0.2, 0.25) is 0 Å². The summed E-state index contributed by atoms with van der Waals surface area (Å²) in [5.41, 5.74) is 4.62. The van der Waals surface area contributed by atoms with Crippen molar-refractivity contribution in [3.8, 4) is 5.75 Å². The van der Waals surface area contributed by atoms with Crippen molar-refractivity contribution in [2.24, 2.45) is 0 Å². The van der Waals surface area contributed by atoms with E-state index in [-0.39, 0.29) is 11.9 Å². The Bertz CT molecular complexity index is 1260. The van der Waals surface area contributed by atoms with Gasteiger partial charge in [0.2, 0.25) is 0 Å². The zero-order valence-electron chi connectivity index (χ0n) is 19.5. The quantitative estimate of drug-likeness (QED) is 0.416. The first-order chi connectivity index (χ1) is 16.7. The third-order valence-electron chi connectivity index (χ3n) is 6.46. The second-order valence-corrected chi connectivity index (χ2v) is 8.82. The van der Waals surface area contributed by atoms with Crippen LogP contribution in [-0.2, 0) is 6.61 Å². The molecule has 1 saturated heterocycles. The van der Waals surface area contributed by atoms with E-state index >= 15 is 0 Å². The topological polar surface area (TPSA) is 58.9 Å². The molecule has 1 unspecified atom stereocenters. The number of pyridine rings is 1. The molecular weight excluding hydrogens is 424 g/mol. The Kier molecular flexibility index (Phi) is 6.58. The van der Waals surface area contributed by atoms with Gasteiger partial charge in [0, 0.05) is 18.9 Å². The highest BCUT2D eigenvalue weighted by molar-refractivity contribution is 5.96. The molecule has 0 aliphatic carbocycles. The van der Waals surface area contributed by atoms with E-state index in [1.165, 1.54) is 18.4 Å². The number of hydrogen-bond donors (Lipinski definition) is 1. The molecule has 6 heteroatoms. The van der Waals surface area contributed by atoms with Crippen LogP contribution in [0.3, 0.4) is 0 Å². The van der Waals surface area contributed by atoms with Gasteiger partial charge in [-0.15, -0.1) is 0 Å². The van der Waals surface area contributed by atoms with Crippen LogP contribution in [0.1, 0.15) is 46.1 Å². The standard InChI is InChI=1S/C28H30N4O2/c1-21-10-9-17-32-19-23(30-27(21)32)20-34-26-14-6-5-13-24(26)28(33)29-18-25(31-15-7-8-16-31)22-11-3-2-4-12-22/h2-6,9-14,17,19,25H,7-8,15-16,18,20H2,1H3,(H,29,33). The number of aryl methyl sites for hydroxylation is 1. The number of likely N-dealkylation sites (tertiary alicyclic amines) is 1. The fourth-order valence-corrected chi connectivity index (χ4v) is 4.68. The predicted octanol–water partition coefficient (Wildman–Crippen LogP) is 4.79. The number of para-hydroxylation sites is 1. The molecule has 0 spiro atoms. The van der Waals surface area contributed by atoms with Crippen LogP contribution in [0.5, 0.6) is 5.75 Å². The van der Waals surface area contributed by atoms with Crippen molar-refractivity contribution < 1.29 is 9.53 Å². The summed E-state index contributed by atoms with van der Waals surface area (Å²) in [7, 11) is 0. The summed E-state index contributed by atoms with van der Waals surface area (Å²) >= 11 is 0. The first-order valence-corrected chi connectivity index (χ1v) is 11.9. The van der Waals surface area contributed by atoms with E-state index in [0.717, 1.165) is 30.0 Å². The van der Waals surface area contributed by atoms with Gasteiger partial charge in [-0.25, -0.2) is 4.98 Å². The third kappa shape index (κ3) is 4.82. The van der Waals surface area contributed by atoms with Crippen LogP contribution < -0.4 is 10.1 Å². The van der Waals surface area contributed by atoms with E-state index in [0.29, 0.717) is 24.5 Å². The van der Waals surface area contributed by atoms with Crippen LogP contribution in [-0.4, -0.2) is 39.8 Å². The fourth-order valence-electron chi connectivity index (χ4n) is 4.68. The summed E-state index contributed by atoms with van der Waals surface area (Å²) in [6.45, 7) is 5.02. The molecule has 174 valence electrons. The largest absolute Gasteiger partial charge is 0.486 e. The third-order valence-corrected chi connectivity index (χ3v) is 6.46. The summed E-state index contributed by atoms with van der Waals surface area (Å²) < 4.78 is 8.05. The molecule has 1 aliphatic heterocycles. The van der Waals surface area contributed by atoms with Gasteiger partial charge in [-0.05, 0) is 62.2 Å². The minimum Gasteiger partial charge on any atom is -0.486 e. The average Bonchev–Trinajstić information content (AvgIpc) is 3.55. The van der Waals surface area contributed by atoms with Crippen LogP contribution in [0.4, 0.5) is 0 Å². The molecule has 1 N–H and O–H groups in total.